The van der Waals surface area contributed by atoms with Gasteiger partial charge in [-0.2, -0.15) is 0 Å². The van der Waals surface area contributed by atoms with Gasteiger partial charge in [-0.1, -0.05) is 12.1 Å². The number of imide groups is 2. The standard InChI is InChI=1S/C20H28N4O4/c1-20(2)17(25)21-19(27)24(18(20)26)10-6-9-22-11-13-23(14-12-22)15-7-4-5-8-16(15)28-3/h4-5,7-8H,6,9-14H2,1-3H3,(H,21,25,27). The summed E-state index contributed by atoms with van der Waals surface area (Å²) in [5.74, 6) is -0.0869. The number of amides is 4. The first-order valence-corrected chi connectivity index (χ1v) is 9.62. The molecule has 2 aliphatic rings. The van der Waals surface area contributed by atoms with E-state index in [2.05, 4.69) is 21.2 Å². The molecule has 0 aromatic heterocycles. The van der Waals surface area contributed by atoms with Crippen molar-refractivity contribution in [2.45, 2.75) is 20.3 Å². The number of barbiturate groups is 1. The van der Waals surface area contributed by atoms with Crippen molar-refractivity contribution >= 4 is 23.5 Å². The number of carbonyl (C=O) groups is 3. The molecule has 0 atom stereocenters. The molecular weight excluding hydrogens is 360 g/mol. The van der Waals surface area contributed by atoms with Crippen LogP contribution in [0, 0.1) is 5.41 Å². The molecule has 3 rings (SSSR count). The van der Waals surface area contributed by atoms with Crippen molar-refractivity contribution in [3.8, 4) is 5.75 Å². The number of rotatable bonds is 6. The first-order chi connectivity index (χ1) is 13.3. The molecule has 2 fully saturated rings. The number of para-hydroxylation sites is 2. The van der Waals surface area contributed by atoms with Gasteiger partial charge in [-0.3, -0.25) is 24.7 Å². The van der Waals surface area contributed by atoms with Crippen LogP contribution in [0.1, 0.15) is 20.3 Å². The molecule has 2 heterocycles. The zero-order valence-corrected chi connectivity index (χ0v) is 16.7. The fourth-order valence-electron chi connectivity index (χ4n) is 3.61. The van der Waals surface area contributed by atoms with E-state index >= 15 is 0 Å². The number of ether oxygens (including phenoxy) is 1. The highest BCUT2D eigenvalue weighted by molar-refractivity contribution is 6.18. The Kier molecular flexibility index (Phi) is 5.88. The Labute approximate surface area is 165 Å². The average molecular weight is 388 g/mol. The number of hydrogen-bond donors (Lipinski definition) is 1. The second-order valence-corrected chi connectivity index (χ2v) is 7.70. The molecule has 0 saturated carbocycles. The van der Waals surface area contributed by atoms with Gasteiger partial charge in [-0.15, -0.1) is 0 Å². The number of benzene rings is 1. The number of urea groups is 1. The number of carbonyl (C=O) groups excluding carboxylic acids is 3. The largest absolute Gasteiger partial charge is 0.495 e. The van der Waals surface area contributed by atoms with Crippen molar-refractivity contribution in [2.24, 2.45) is 5.41 Å². The lowest BCUT2D eigenvalue weighted by Crippen LogP contribution is -2.62. The fraction of sp³-hybridized carbons (Fsp3) is 0.550. The SMILES string of the molecule is COc1ccccc1N1CCN(CCCN2C(=O)NC(=O)C(C)(C)C2=O)CC1. The number of nitrogens with one attached hydrogen (secondary N) is 1. The lowest BCUT2D eigenvalue weighted by Gasteiger charge is -2.37. The third-order valence-electron chi connectivity index (χ3n) is 5.47. The van der Waals surface area contributed by atoms with E-state index in [1.165, 1.54) is 0 Å². The molecule has 152 valence electrons. The van der Waals surface area contributed by atoms with Crippen molar-refractivity contribution < 1.29 is 19.1 Å². The number of hydrogen-bond acceptors (Lipinski definition) is 6. The van der Waals surface area contributed by atoms with Gasteiger partial charge in [0.2, 0.25) is 11.8 Å². The van der Waals surface area contributed by atoms with Gasteiger partial charge in [0, 0.05) is 32.7 Å². The zero-order chi connectivity index (χ0) is 20.3. The van der Waals surface area contributed by atoms with Crippen LogP contribution >= 0.6 is 0 Å². The number of nitrogens with zero attached hydrogens (tertiary/aromatic N) is 3. The van der Waals surface area contributed by atoms with E-state index in [0.717, 1.165) is 49.1 Å². The summed E-state index contributed by atoms with van der Waals surface area (Å²) in [4.78, 5) is 42.0. The monoisotopic (exact) mass is 388 g/mol. The first kappa shape index (κ1) is 20.1. The van der Waals surface area contributed by atoms with E-state index in [0.29, 0.717) is 13.0 Å². The molecule has 0 radical (unpaired) electrons. The molecule has 0 bridgehead atoms. The van der Waals surface area contributed by atoms with Crippen LogP contribution in [0.5, 0.6) is 5.75 Å². The molecule has 0 unspecified atom stereocenters. The molecule has 8 nitrogen and oxygen atoms in total. The number of methoxy groups -OCH3 is 1. The summed E-state index contributed by atoms with van der Waals surface area (Å²) >= 11 is 0. The van der Waals surface area contributed by atoms with Gasteiger partial charge in [-0.25, -0.2) is 4.79 Å². The third kappa shape index (κ3) is 3.96. The van der Waals surface area contributed by atoms with Crippen LogP contribution in [0.25, 0.3) is 0 Å². The Morgan fingerprint density at radius 2 is 1.71 bits per heavy atom. The van der Waals surface area contributed by atoms with Gasteiger partial charge in [0.15, 0.2) is 0 Å². The maximum atomic E-state index is 12.4. The highest BCUT2D eigenvalue weighted by atomic mass is 16.5. The molecule has 2 aliphatic heterocycles. The molecule has 2 saturated heterocycles. The van der Waals surface area contributed by atoms with Gasteiger partial charge in [0.25, 0.3) is 0 Å². The Balaban J connectivity index is 1.48. The number of anilines is 1. The van der Waals surface area contributed by atoms with Crippen molar-refractivity contribution in [1.82, 2.24) is 15.1 Å². The van der Waals surface area contributed by atoms with E-state index in [1.54, 1.807) is 21.0 Å². The Hall–Kier alpha value is -2.61. The maximum absolute atomic E-state index is 12.4. The van der Waals surface area contributed by atoms with Crippen molar-refractivity contribution in [2.75, 3.05) is 51.3 Å². The second kappa shape index (κ2) is 8.18. The van der Waals surface area contributed by atoms with Gasteiger partial charge in [0.05, 0.1) is 12.8 Å². The average Bonchev–Trinajstić information content (AvgIpc) is 2.70. The molecule has 0 spiro atoms. The minimum Gasteiger partial charge on any atom is -0.495 e. The lowest BCUT2D eigenvalue weighted by atomic mass is 9.89. The normalized spacial score (nSPS) is 20.3. The first-order valence-electron chi connectivity index (χ1n) is 9.62. The summed E-state index contributed by atoms with van der Waals surface area (Å²) in [6, 6.07) is 7.39. The molecule has 1 N–H and O–H groups in total. The molecule has 0 aliphatic carbocycles. The Morgan fingerprint density at radius 1 is 1.04 bits per heavy atom. The molecule has 4 amide bonds. The summed E-state index contributed by atoms with van der Waals surface area (Å²) in [5.41, 5.74) is -0.0963. The zero-order valence-electron chi connectivity index (χ0n) is 16.7. The van der Waals surface area contributed by atoms with Crippen LogP contribution in [-0.2, 0) is 9.59 Å². The second-order valence-electron chi connectivity index (χ2n) is 7.70. The van der Waals surface area contributed by atoms with E-state index < -0.39 is 23.3 Å². The van der Waals surface area contributed by atoms with Crippen LogP contribution < -0.4 is 15.0 Å². The van der Waals surface area contributed by atoms with Crippen LogP contribution in [0.4, 0.5) is 10.5 Å². The van der Waals surface area contributed by atoms with Crippen molar-refractivity contribution in [1.29, 1.82) is 0 Å². The molecule has 28 heavy (non-hydrogen) atoms. The van der Waals surface area contributed by atoms with E-state index in [9.17, 15) is 14.4 Å². The predicted octanol–water partition coefficient (Wildman–Crippen LogP) is 1.31. The maximum Gasteiger partial charge on any atom is 0.330 e. The van der Waals surface area contributed by atoms with Gasteiger partial charge >= 0.3 is 6.03 Å². The summed E-state index contributed by atoms with van der Waals surface area (Å²) in [7, 11) is 1.68. The summed E-state index contributed by atoms with van der Waals surface area (Å²) in [6.45, 7) is 7.79. The van der Waals surface area contributed by atoms with E-state index in [1.807, 2.05) is 18.2 Å². The third-order valence-corrected chi connectivity index (χ3v) is 5.47. The van der Waals surface area contributed by atoms with Gasteiger partial charge in [-0.05, 0) is 38.9 Å². The Morgan fingerprint density at radius 3 is 2.39 bits per heavy atom. The van der Waals surface area contributed by atoms with Crippen LogP contribution in [-0.4, -0.2) is 74.0 Å². The molecule has 1 aromatic rings. The molecule has 8 heteroatoms. The molecular formula is C20H28N4O4. The highest BCUT2D eigenvalue weighted by Crippen LogP contribution is 2.28. The summed E-state index contributed by atoms with van der Waals surface area (Å²) in [5, 5.41) is 2.27. The lowest BCUT2D eigenvalue weighted by molar-refractivity contribution is -0.149. The van der Waals surface area contributed by atoms with Crippen LogP contribution in [0.2, 0.25) is 0 Å². The minimum absolute atomic E-state index is 0.314. The van der Waals surface area contributed by atoms with Crippen LogP contribution in [0.15, 0.2) is 24.3 Å². The summed E-state index contributed by atoms with van der Waals surface area (Å²) < 4.78 is 5.45. The van der Waals surface area contributed by atoms with E-state index in [4.69, 9.17) is 4.74 Å². The van der Waals surface area contributed by atoms with Crippen molar-refractivity contribution in [3.63, 3.8) is 0 Å². The number of piperazine rings is 1. The summed E-state index contributed by atoms with van der Waals surface area (Å²) in [6.07, 6.45) is 0.679. The fourth-order valence-corrected chi connectivity index (χ4v) is 3.61. The quantitative estimate of drug-likeness (QED) is 0.740. The minimum atomic E-state index is -1.20. The predicted molar refractivity (Wildman–Crippen MR) is 105 cm³/mol. The molecule has 1 aromatic carbocycles. The van der Waals surface area contributed by atoms with Crippen molar-refractivity contribution in [3.05, 3.63) is 24.3 Å². The van der Waals surface area contributed by atoms with Gasteiger partial charge in [0.1, 0.15) is 11.2 Å². The van der Waals surface area contributed by atoms with Gasteiger partial charge < -0.3 is 9.64 Å². The van der Waals surface area contributed by atoms with Crippen LogP contribution in [0.3, 0.4) is 0 Å². The highest BCUT2D eigenvalue weighted by Gasteiger charge is 2.46. The van der Waals surface area contributed by atoms with E-state index in [-0.39, 0.29) is 0 Å². The topological polar surface area (TPSA) is 82.2 Å². The smallest absolute Gasteiger partial charge is 0.330 e. The Bertz CT molecular complexity index is 756.